The van der Waals surface area contributed by atoms with E-state index in [4.69, 9.17) is 1.37 Å². The zero-order valence-corrected chi connectivity index (χ0v) is 15.6. The summed E-state index contributed by atoms with van der Waals surface area (Å²) in [5.41, 5.74) is 0. The summed E-state index contributed by atoms with van der Waals surface area (Å²) in [5, 5.41) is 4.86. The average Bonchev–Trinajstić information content (AvgIpc) is 2.93. The van der Waals surface area contributed by atoms with Gasteiger partial charge in [-0.15, -0.1) is 0 Å². The summed E-state index contributed by atoms with van der Waals surface area (Å²) >= 11 is 0. The molecule has 1 aliphatic heterocycles. The van der Waals surface area contributed by atoms with E-state index in [0.29, 0.717) is 0 Å². The lowest BCUT2D eigenvalue weighted by molar-refractivity contribution is -0.137. The van der Waals surface area contributed by atoms with Gasteiger partial charge in [-0.1, -0.05) is 20.8 Å². The molecule has 0 aliphatic carbocycles. The Kier molecular flexibility index (Phi) is 7.84. The third-order valence-corrected chi connectivity index (χ3v) is 4.08. The second-order valence-electron chi connectivity index (χ2n) is 6.63. The molecule has 0 unspecified atom stereocenters. The first kappa shape index (κ1) is 20.5. The van der Waals surface area contributed by atoms with E-state index in [1.807, 2.05) is 0 Å². The van der Waals surface area contributed by atoms with Gasteiger partial charge in [0.15, 0.2) is 5.78 Å². The highest BCUT2D eigenvalue weighted by Crippen LogP contribution is 2.12. The number of amides is 4. The quantitative estimate of drug-likeness (QED) is 0.362. The zero-order chi connectivity index (χ0) is 21.4. The summed E-state index contributed by atoms with van der Waals surface area (Å²) in [6.07, 6.45) is 1.03. The van der Waals surface area contributed by atoms with Crippen molar-refractivity contribution in [1.29, 1.82) is 0 Å². The van der Waals surface area contributed by atoms with Crippen molar-refractivity contribution in [1.82, 2.24) is 15.5 Å². The van der Waals surface area contributed by atoms with Gasteiger partial charge in [0, 0.05) is 37.5 Å². The van der Waals surface area contributed by atoms with E-state index in [9.17, 15) is 28.8 Å². The van der Waals surface area contributed by atoms with Crippen LogP contribution in [0.2, 0.25) is 0 Å². The second kappa shape index (κ2) is 10.3. The minimum absolute atomic E-state index is 0.0878. The molecule has 148 valence electrons. The molecule has 0 aromatic heterocycles. The van der Waals surface area contributed by atoms with Crippen LogP contribution < -0.4 is 10.6 Å². The summed E-state index contributed by atoms with van der Waals surface area (Å²) in [6, 6.07) is -0.830. The van der Waals surface area contributed by atoms with Gasteiger partial charge in [-0.25, -0.2) is 0 Å². The Labute approximate surface area is 158 Å². The van der Waals surface area contributed by atoms with Gasteiger partial charge in [0.2, 0.25) is 11.8 Å². The zero-order valence-electron chi connectivity index (χ0n) is 16.6. The van der Waals surface area contributed by atoms with E-state index in [0.717, 1.165) is 17.1 Å². The first-order valence-electron chi connectivity index (χ1n) is 9.15. The van der Waals surface area contributed by atoms with Crippen molar-refractivity contribution in [3.05, 3.63) is 12.2 Å². The number of rotatable bonds is 11. The molecule has 9 nitrogen and oxygen atoms in total. The molecule has 9 heteroatoms. The molecule has 0 fully saturated rings. The number of aldehydes is 1. The topological polar surface area (TPSA) is 130 Å². The number of hydrogen-bond donors (Lipinski definition) is 2. The fourth-order valence-electron chi connectivity index (χ4n) is 2.55. The highest BCUT2D eigenvalue weighted by Gasteiger charge is 2.28. The Balaban J connectivity index is 2.56. The van der Waals surface area contributed by atoms with Gasteiger partial charge in [-0.3, -0.25) is 28.9 Å². The molecule has 0 aromatic rings. The van der Waals surface area contributed by atoms with Crippen molar-refractivity contribution in [2.45, 2.75) is 39.7 Å². The predicted octanol–water partition coefficient (Wildman–Crippen LogP) is -0.647. The molecule has 1 rings (SSSR count). The fraction of sp³-hybridized carbons (Fsp3) is 0.556. The minimum atomic E-state index is -0.940. The SMILES string of the molecule is [2H]C(=O)CNC(=O)[C@H](C)CC(=O)[C@@H](NC(=O)CCN1C(=O)C=CC1=O)C(C)C. The Bertz CT molecular complexity index is 685. The number of hydrogen-bond acceptors (Lipinski definition) is 6. The molecule has 1 aliphatic rings. The molecular weight excluding hydrogens is 354 g/mol. The van der Waals surface area contributed by atoms with Crippen LogP contribution in [0.3, 0.4) is 0 Å². The molecule has 2 atom stereocenters. The lowest BCUT2D eigenvalue weighted by Gasteiger charge is -2.23. The molecule has 0 radical (unpaired) electrons. The van der Waals surface area contributed by atoms with E-state index in [1.54, 1.807) is 13.8 Å². The van der Waals surface area contributed by atoms with Gasteiger partial charge >= 0.3 is 0 Å². The van der Waals surface area contributed by atoms with Crippen LogP contribution >= 0.6 is 0 Å². The molecule has 0 saturated heterocycles. The van der Waals surface area contributed by atoms with Gasteiger partial charge < -0.3 is 15.4 Å². The maximum absolute atomic E-state index is 12.5. The van der Waals surface area contributed by atoms with Crippen LogP contribution in [0.25, 0.3) is 0 Å². The third kappa shape index (κ3) is 6.76. The summed E-state index contributed by atoms with van der Waals surface area (Å²) in [6.45, 7) is 4.48. The summed E-state index contributed by atoms with van der Waals surface area (Å²) in [5.74, 6) is -3.30. The number of carbonyl (C=O) groups is 6. The predicted molar refractivity (Wildman–Crippen MR) is 95.1 cm³/mol. The van der Waals surface area contributed by atoms with Crippen molar-refractivity contribution >= 4 is 35.7 Å². The van der Waals surface area contributed by atoms with Gasteiger partial charge in [0.05, 0.1) is 12.6 Å². The number of carbonyl (C=O) groups excluding carboxylic acids is 6. The maximum Gasteiger partial charge on any atom is 0.253 e. The maximum atomic E-state index is 12.5. The molecule has 0 bridgehead atoms. The van der Waals surface area contributed by atoms with Gasteiger partial charge in [-0.2, -0.15) is 0 Å². The summed E-state index contributed by atoms with van der Waals surface area (Å²) < 4.78 is 6.76. The molecule has 27 heavy (non-hydrogen) atoms. The van der Waals surface area contributed by atoms with Crippen LogP contribution in [0.15, 0.2) is 12.2 Å². The number of Topliss-reactive ketones (excluding diaryl/α,β-unsaturated/α-hetero) is 1. The van der Waals surface area contributed by atoms with Crippen molar-refractivity contribution in [2.75, 3.05) is 13.1 Å². The van der Waals surface area contributed by atoms with Gasteiger partial charge in [-0.05, 0) is 5.92 Å². The van der Waals surface area contributed by atoms with Crippen molar-refractivity contribution in [3.8, 4) is 0 Å². The van der Waals surface area contributed by atoms with Crippen LogP contribution in [-0.2, 0) is 28.8 Å². The first-order valence-corrected chi connectivity index (χ1v) is 8.65. The Morgan fingerprint density at radius 2 is 1.78 bits per heavy atom. The number of ketones is 1. The highest BCUT2D eigenvalue weighted by atomic mass is 16.2. The number of imide groups is 1. The van der Waals surface area contributed by atoms with Gasteiger partial charge in [0.25, 0.3) is 11.8 Å². The Hall–Kier alpha value is -2.84. The molecule has 4 amide bonds. The Morgan fingerprint density at radius 3 is 2.30 bits per heavy atom. The lowest BCUT2D eigenvalue weighted by atomic mass is 9.92. The van der Waals surface area contributed by atoms with E-state index in [-0.39, 0.29) is 31.1 Å². The standard InChI is InChI=1S/C18H25N3O6/c1-11(2)17(13(23)10-12(3)18(27)19-7-9-22)20-14(24)6-8-21-15(25)4-5-16(21)26/h4-5,9,11-12,17H,6-8,10H2,1-3H3,(H,19,27)(H,20,24)/t12-,17+/m1/s1/i9D. The molecule has 1 heterocycles. The highest BCUT2D eigenvalue weighted by molar-refractivity contribution is 6.13. The lowest BCUT2D eigenvalue weighted by Crippen LogP contribution is -2.46. The Morgan fingerprint density at radius 1 is 1.19 bits per heavy atom. The number of nitrogens with zero attached hydrogens (tertiary/aromatic N) is 1. The molecule has 0 aromatic carbocycles. The molecular formula is C18H25N3O6. The van der Waals surface area contributed by atoms with E-state index in [1.165, 1.54) is 6.92 Å². The van der Waals surface area contributed by atoms with Crippen LogP contribution in [0.4, 0.5) is 0 Å². The largest absolute Gasteiger partial charge is 0.349 e. The van der Waals surface area contributed by atoms with E-state index < -0.39 is 48.4 Å². The summed E-state index contributed by atoms with van der Waals surface area (Å²) in [7, 11) is 0. The first-order chi connectivity index (χ1) is 13.0. The summed E-state index contributed by atoms with van der Waals surface area (Å²) in [4.78, 5) is 71.0. The van der Waals surface area contributed by atoms with Crippen molar-refractivity contribution in [2.24, 2.45) is 11.8 Å². The smallest absolute Gasteiger partial charge is 0.253 e. The van der Waals surface area contributed by atoms with Crippen LogP contribution in [-0.4, -0.2) is 59.7 Å². The van der Waals surface area contributed by atoms with Gasteiger partial charge in [0.1, 0.15) is 7.63 Å². The van der Waals surface area contributed by atoms with Crippen LogP contribution in [0.1, 0.15) is 35.0 Å². The monoisotopic (exact) mass is 380 g/mol. The second-order valence-corrected chi connectivity index (χ2v) is 6.63. The van der Waals surface area contributed by atoms with Crippen LogP contribution in [0.5, 0.6) is 0 Å². The van der Waals surface area contributed by atoms with Crippen molar-refractivity contribution < 1.29 is 30.1 Å². The average molecular weight is 380 g/mol. The minimum Gasteiger partial charge on any atom is -0.349 e. The van der Waals surface area contributed by atoms with Crippen LogP contribution in [0, 0.1) is 11.8 Å². The van der Waals surface area contributed by atoms with Crippen molar-refractivity contribution in [3.63, 3.8) is 0 Å². The molecule has 0 saturated carbocycles. The molecule has 2 N–H and O–H groups in total. The molecule has 0 spiro atoms. The van der Waals surface area contributed by atoms with E-state index >= 15 is 0 Å². The fourth-order valence-corrected chi connectivity index (χ4v) is 2.55. The van der Waals surface area contributed by atoms with E-state index in [2.05, 4.69) is 10.6 Å². The third-order valence-electron chi connectivity index (χ3n) is 4.08. The normalized spacial score (nSPS) is 16.1. The number of nitrogens with one attached hydrogen (secondary N) is 2.